The van der Waals surface area contributed by atoms with E-state index in [0.29, 0.717) is 38.9 Å². The van der Waals surface area contributed by atoms with Gasteiger partial charge in [-0.3, -0.25) is 9.59 Å². The molecule has 1 fully saturated rings. The van der Waals surface area contributed by atoms with Crippen molar-refractivity contribution in [3.8, 4) is 0 Å². The minimum atomic E-state index is -1.07. The number of rotatable bonds is 7. The minimum Gasteiger partial charge on any atom is -0.480 e. The summed E-state index contributed by atoms with van der Waals surface area (Å²) in [5, 5.41) is 16.1. The molecule has 3 aromatic carbocycles. The molecule has 3 aromatic rings. The summed E-state index contributed by atoms with van der Waals surface area (Å²) in [5.74, 6) is -1.32. The zero-order valence-corrected chi connectivity index (χ0v) is 21.3. The summed E-state index contributed by atoms with van der Waals surface area (Å²) in [6.45, 7) is 1.52. The molecule has 2 amide bonds. The van der Waals surface area contributed by atoms with Crippen molar-refractivity contribution in [2.45, 2.75) is 49.7 Å². The van der Waals surface area contributed by atoms with Crippen LogP contribution in [0.5, 0.6) is 0 Å². The van der Waals surface area contributed by atoms with E-state index in [1.807, 2.05) is 77.7 Å². The van der Waals surface area contributed by atoms with Gasteiger partial charge in [-0.15, -0.1) is 0 Å². The Bertz CT molecular complexity index is 1290. The predicted molar refractivity (Wildman–Crippen MR) is 144 cm³/mol. The van der Waals surface area contributed by atoms with Crippen molar-refractivity contribution < 1.29 is 19.5 Å². The lowest BCUT2D eigenvalue weighted by atomic mass is 9.71. The first-order valence-electron chi connectivity index (χ1n) is 13.2. The number of hydrogen-bond acceptors (Lipinski definition) is 4. The maximum absolute atomic E-state index is 13.9. The van der Waals surface area contributed by atoms with Gasteiger partial charge in [-0.25, -0.2) is 4.79 Å². The molecular formula is C31H33N3O4. The zero-order chi connectivity index (χ0) is 26.5. The molecule has 0 spiro atoms. The van der Waals surface area contributed by atoms with Crippen molar-refractivity contribution >= 4 is 17.8 Å². The van der Waals surface area contributed by atoms with Crippen LogP contribution in [0.15, 0.2) is 84.9 Å². The quantitative estimate of drug-likeness (QED) is 0.453. The van der Waals surface area contributed by atoms with E-state index >= 15 is 0 Å². The number of piperidine rings is 1. The van der Waals surface area contributed by atoms with Crippen LogP contribution in [0.3, 0.4) is 0 Å². The monoisotopic (exact) mass is 511 g/mol. The third-order valence-corrected chi connectivity index (χ3v) is 7.96. The van der Waals surface area contributed by atoms with Gasteiger partial charge in [0.1, 0.15) is 6.04 Å². The Morgan fingerprint density at radius 1 is 0.895 bits per heavy atom. The standard InChI is InChI=1S/C31H33N3O4/c35-28(26-20-23-11-7-8-12-24(23)21-32-26)34-17-15-31(16-18-34,25-13-5-2-6-14-25)30(38)33-27(29(36)37)19-22-9-3-1-4-10-22/h1-14,26-27,32H,15-21H2,(H,33,38)(H,36,37). The maximum atomic E-state index is 13.9. The van der Waals surface area contributed by atoms with Crippen LogP contribution >= 0.6 is 0 Å². The van der Waals surface area contributed by atoms with Crippen LogP contribution in [0.1, 0.15) is 35.1 Å². The van der Waals surface area contributed by atoms with Crippen molar-refractivity contribution in [1.82, 2.24) is 15.5 Å². The van der Waals surface area contributed by atoms with E-state index in [9.17, 15) is 19.5 Å². The number of hydrogen-bond donors (Lipinski definition) is 3. The molecule has 196 valence electrons. The molecule has 0 saturated carbocycles. The fourth-order valence-corrected chi connectivity index (χ4v) is 5.71. The summed E-state index contributed by atoms with van der Waals surface area (Å²) in [4.78, 5) is 41.2. The minimum absolute atomic E-state index is 0.0501. The summed E-state index contributed by atoms with van der Waals surface area (Å²) >= 11 is 0. The third kappa shape index (κ3) is 5.34. The van der Waals surface area contributed by atoms with E-state index in [0.717, 1.165) is 11.1 Å². The van der Waals surface area contributed by atoms with Gasteiger partial charge in [0.25, 0.3) is 0 Å². The molecule has 3 N–H and O–H groups in total. The zero-order valence-electron chi connectivity index (χ0n) is 21.3. The molecule has 7 heteroatoms. The Hall–Kier alpha value is -3.97. The fraction of sp³-hybridized carbons (Fsp3) is 0.323. The van der Waals surface area contributed by atoms with Gasteiger partial charge in [0.05, 0.1) is 11.5 Å². The molecule has 5 rings (SSSR count). The summed E-state index contributed by atoms with van der Waals surface area (Å²) in [7, 11) is 0. The van der Waals surface area contributed by atoms with Crippen molar-refractivity contribution in [1.29, 1.82) is 0 Å². The first-order chi connectivity index (χ1) is 18.5. The highest BCUT2D eigenvalue weighted by Gasteiger charge is 2.45. The number of nitrogens with one attached hydrogen (secondary N) is 2. The molecule has 0 bridgehead atoms. The van der Waals surface area contributed by atoms with E-state index in [-0.39, 0.29) is 24.3 Å². The Balaban J connectivity index is 1.31. The summed E-state index contributed by atoms with van der Waals surface area (Å²) in [6.07, 6.45) is 1.70. The van der Waals surface area contributed by atoms with Crippen molar-refractivity contribution in [2.24, 2.45) is 0 Å². The van der Waals surface area contributed by atoms with Crippen LogP contribution in [-0.4, -0.2) is 53.0 Å². The molecular weight excluding hydrogens is 478 g/mol. The summed E-state index contributed by atoms with van der Waals surface area (Å²) in [5.41, 5.74) is 3.19. The maximum Gasteiger partial charge on any atom is 0.326 e. The summed E-state index contributed by atoms with van der Waals surface area (Å²) < 4.78 is 0. The first kappa shape index (κ1) is 25.7. The number of benzene rings is 3. The Labute approximate surface area is 222 Å². The second kappa shape index (κ2) is 11.2. The normalized spacial score (nSPS) is 19.2. The van der Waals surface area contributed by atoms with Crippen LogP contribution in [-0.2, 0) is 39.2 Å². The van der Waals surface area contributed by atoms with E-state index in [1.54, 1.807) is 0 Å². The number of carboxylic acid groups (broad SMARTS) is 1. The lowest BCUT2D eigenvalue weighted by molar-refractivity contribution is -0.144. The van der Waals surface area contributed by atoms with Crippen molar-refractivity contribution in [3.05, 3.63) is 107 Å². The number of carboxylic acids is 1. The number of carbonyl (C=O) groups is 3. The van der Waals surface area contributed by atoms with Gasteiger partial charge in [-0.05, 0) is 41.5 Å². The first-order valence-corrected chi connectivity index (χ1v) is 13.2. The average Bonchev–Trinajstić information content (AvgIpc) is 2.97. The Morgan fingerprint density at radius 2 is 1.50 bits per heavy atom. The van der Waals surface area contributed by atoms with Crippen molar-refractivity contribution in [2.75, 3.05) is 13.1 Å². The topological polar surface area (TPSA) is 98.7 Å². The van der Waals surface area contributed by atoms with Crippen LogP contribution in [0.4, 0.5) is 0 Å². The smallest absolute Gasteiger partial charge is 0.326 e. The predicted octanol–water partition coefficient (Wildman–Crippen LogP) is 3.07. The van der Waals surface area contributed by atoms with Crippen LogP contribution in [0, 0.1) is 0 Å². The van der Waals surface area contributed by atoms with Crippen LogP contribution in [0.2, 0.25) is 0 Å². The molecule has 0 aromatic heterocycles. The van der Waals surface area contributed by atoms with E-state index in [1.165, 1.54) is 11.1 Å². The lowest BCUT2D eigenvalue weighted by Crippen LogP contribution is -2.58. The molecule has 2 aliphatic rings. The third-order valence-electron chi connectivity index (χ3n) is 7.96. The Kier molecular flexibility index (Phi) is 7.56. The molecule has 2 aliphatic heterocycles. The van der Waals surface area contributed by atoms with Gasteiger partial charge in [-0.1, -0.05) is 84.9 Å². The number of fused-ring (bicyclic) bond motifs is 1. The second-order valence-electron chi connectivity index (χ2n) is 10.2. The molecule has 0 aliphatic carbocycles. The lowest BCUT2D eigenvalue weighted by Gasteiger charge is -2.42. The average molecular weight is 512 g/mol. The van der Waals surface area contributed by atoms with Gasteiger partial charge < -0.3 is 20.6 Å². The number of amides is 2. The van der Waals surface area contributed by atoms with Gasteiger partial charge in [0, 0.05) is 26.1 Å². The number of aliphatic carboxylic acids is 1. The highest BCUT2D eigenvalue weighted by atomic mass is 16.4. The largest absolute Gasteiger partial charge is 0.480 e. The number of nitrogens with zero attached hydrogens (tertiary/aromatic N) is 1. The number of likely N-dealkylation sites (tertiary alicyclic amines) is 1. The van der Waals surface area contributed by atoms with Gasteiger partial charge >= 0.3 is 5.97 Å². The van der Waals surface area contributed by atoms with Crippen molar-refractivity contribution in [3.63, 3.8) is 0 Å². The SMILES string of the molecule is O=C(O)C(Cc1ccccc1)NC(=O)C1(c2ccccc2)CCN(C(=O)C2Cc3ccccc3CN2)CC1. The van der Waals surface area contributed by atoms with Gasteiger partial charge in [-0.2, -0.15) is 0 Å². The second-order valence-corrected chi connectivity index (χ2v) is 10.2. The van der Waals surface area contributed by atoms with E-state index < -0.39 is 17.4 Å². The molecule has 2 unspecified atom stereocenters. The fourth-order valence-electron chi connectivity index (χ4n) is 5.71. The molecule has 2 heterocycles. The summed E-state index contributed by atoms with van der Waals surface area (Å²) in [6, 6.07) is 25.7. The van der Waals surface area contributed by atoms with E-state index in [2.05, 4.69) is 22.8 Å². The molecule has 0 radical (unpaired) electrons. The molecule has 38 heavy (non-hydrogen) atoms. The molecule has 7 nitrogen and oxygen atoms in total. The molecule has 1 saturated heterocycles. The van der Waals surface area contributed by atoms with Crippen LogP contribution < -0.4 is 10.6 Å². The molecule has 2 atom stereocenters. The van der Waals surface area contributed by atoms with E-state index in [4.69, 9.17) is 0 Å². The van der Waals surface area contributed by atoms with Gasteiger partial charge in [0.2, 0.25) is 11.8 Å². The highest BCUT2D eigenvalue weighted by molar-refractivity contribution is 5.92. The highest BCUT2D eigenvalue weighted by Crippen LogP contribution is 2.36. The Morgan fingerprint density at radius 3 is 2.16 bits per heavy atom. The van der Waals surface area contributed by atoms with Gasteiger partial charge in [0.15, 0.2) is 0 Å². The van der Waals surface area contributed by atoms with Crippen LogP contribution in [0.25, 0.3) is 0 Å². The number of carbonyl (C=O) groups excluding carboxylic acids is 2.